The molecule has 0 saturated carbocycles. The number of amides is 1. The number of piperazine rings is 1. The summed E-state index contributed by atoms with van der Waals surface area (Å²) in [5.74, 6) is 0.00301. The summed E-state index contributed by atoms with van der Waals surface area (Å²) in [4.78, 5) is 17.0. The highest BCUT2D eigenvalue weighted by atomic mass is 35.5. The van der Waals surface area contributed by atoms with Crippen molar-refractivity contribution in [2.75, 3.05) is 26.2 Å². The standard InChI is InChI=1S/C22H23ClN4O/c1-16-6-8-17(9-7-16)20-14-21(25-24-20)22(28)27-12-10-26(11-13-27)15-18-4-2-3-5-19(18)23/h2-9,14H,10-13,15H2,1H3,(H,24,25). The SMILES string of the molecule is Cc1ccc(-c2cc(C(=O)N3CCN(Cc4ccccc4Cl)CC3)[nH]n2)cc1. The first-order valence-electron chi connectivity index (χ1n) is 9.47. The average molecular weight is 395 g/mol. The van der Waals surface area contributed by atoms with Gasteiger partial charge in [-0.2, -0.15) is 5.10 Å². The molecule has 1 aliphatic rings. The van der Waals surface area contributed by atoms with E-state index in [4.69, 9.17) is 11.6 Å². The minimum absolute atomic E-state index is 0.00301. The molecule has 0 aliphatic carbocycles. The van der Waals surface area contributed by atoms with Gasteiger partial charge in [-0.05, 0) is 24.6 Å². The van der Waals surface area contributed by atoms with Crippen LogP contribution in [0.5, 0.6) is 0 Å². The third kappa shape index (κ3) is 4.11. The number of nitrogens with zero attached hydrogens (tertiary/aromatic N) is 3. The maximum atomic E-state index is 12.8. The second-order valence-corrected chi connectivity index (χ2v) is 7.60. The number of nitrogens with one attached hydrogen (secondary N) is 1. The van der Waals surface area contributed by atoms with E-state index in [1.165, 1.54) is 5.56 Å². The van der Waals surface area contributed by atoms with Crippen LogP contribution in [0.3, 0.4) is 0 Å². The second kappa shape index (κ2) is 8.17. The summed E-state index contributed by atoms with van der Waals surface area (Å²) in [6.45, 7) is 5.91. The van der Waals surface area contributed by atoms with Crippen LogP contribution in [0.1, 0.15) is 21.6 Å². The van der Waals surface area contributed by atoms with Gasteiger partial charge in [0, 0.05) is 43.3 Å². The number of benzene rings is 2. The lowest BCUT2D eigenvalue weighted by Crippen LogP contribution is -2.48. The van der Waals surface area contributed by atoms with Crippen LogP contribution in [0.15, 0.2) is 54.6 Å². The summed E-state index contributed by atoms with van der Waals surface area (Å²) in [7, 11) is 0. The Morgan fingerprint density at radius 2 is 1.79 bits per heavy atom. The molecular weight excluding hydrogens is 372 g/mol. The highest BCUT2D eigenvalue weighted by Crippen LogP contribution is 2.20. The highest BCUT2D eigenvalue weighted by molar-refractivity contribution is 6.31. The number of aromatic nitrogens is 2. The number of aryl methyl sites for hydroxylation is 1. The van der Waals surface area contributed by atoms with Gasteiger partial charge in [-0.25, -0.2) is 0 Å². The minimum Gasteiger partial charge on any atom is -0.335 e. The first-order chi connectivity index (χ1) is 13.6. The highest BCUT2D eigenvalue weighted by Gasteiger charge is 2.24. The molecule has 1 fully saturated rings. The molecule has 1 amide bonds. The molecule has 144 valence electrons. The molecular formula is C22H23ClN4O. The normalized spacial score (nSPS) is 15.0. The van der Waals surface area contributed by atoms with Gasteiger partial charge in [0.1, 0.15) is 5.69 Å². The first kappa shape index (κ1) is 18.7. The number of halogens is 1. The minimum atomic E-state index is 0.00301. The van der Waals surface area contributed by atoms with Gasteiger partial charge < -0.3 is 4.90 Å². The molecule has 0 spiro atoms. The number of aromatic amines is 1. The van der Waals surface area contributed by atoms with Gasteiger partial charge in [0.25, 0.3) is 5.91 Å². The van der Waals surface area contributed by atoms with E-state index < -0.39 is 0 Å². The van der Waals surface area contributed by atoms with Crippen molar-refractivity contribution in [3.05, 3.63) is 76.4 Å². The molecule has 0 radical (unpaired) electrons. The molecule has 2 aromatic carbocycles. The van der Waals surface area contributed by atoms with Gasteiger partial charge in [0.05, 0.1) is 5.69 Å². The summed E-state index contributed by atoms with van der Waals surface area (Å²) in [6.07, 6.45) is 0. The molecule has 4 rings (SSSR count). The molecule has 28 heavy (non-hydrogen) atoms. The molecule has 1 aliphatic heterocycles. The average Bonchev–Trinajstić information content (AvgIpc) is 3.20. The van der Waals surface area contributed by atoms with Crippen LogP contribution in [-0.4, -0.2) is 52.1 Å². The van der Waals surface area contributed by atoms with Crippen molar-refractivity contribution in [1.82, 2.24) is 20.0 Å². The van der Waals surface area contributed by atoms with Gasteiger partial charge in [-0.1, -0.05) is 59.6 Å². The molecule has 1 aromatic heterocycles. The maximum Gasteiger partial charge on any atom is 0.271 e. The van der Waals surface area contributed by atoms with E-state index in [1.54, 1.807) is 0 Å². The third-order valence-corrected chi connectivity index (χ3v) is 5.54. The lowest BCUT2D eigenvalue weighted by Gasteiger charge is -2.34. The molecule has 0 unspecified atom stereocenters. The van der Waals surface area contributed by atoms with Gasteiger partial charge in [0.15, 0.2) is 0 Å². The second-order valence-electron chi connectivity index (χ2n) is 7.19. The monoisotopic (exact) mass is 394 g/mol. The van der Waals surface area contributed by atoms with Crippen LogP contribution >= 0.6 is 11.6 Å². The van der Waals surface area contributed by atoms with E-state index in [-0.39, 0.29) is 5.91 Å². The van der Waals surface area contributed by atoms with E-state index >= 15 is 0 Å². The number of carbonyl (C=O) groups is 1. The van der Waals surface area contributed by atoms with Crippen molar-refractivity contribution < 1.29 is 4.79 Å². The zero-order chi connectivity index (χ0) is 19.5. The summed E-state index contributed by atoms with van der Waals surface area (Å²) in [5.41, 5.74) is 4.66. The number of hydrogen-bond donors (Lipinski definition) is 1. The molecule has 5 nitrogen and oxygen atoms in total. The molecule has 6 heteroatoms. The van der Waals surface area contributed by atoms with E-state index in [0.29, 0.717) is 18.8 Å². The Morgan fingerprint density at radius 3 is 2.50 bits per heavy atom. The Labute approximate surface area is 169 Å². The third-order valence-electron chi connectivity index (χ3n) is 5.17. The Kier molecular flexibility index (Phi) is 5.46. The lowest BCUT2D eigenvalue weighted by atomic mass is 10.1. The lowest BCUT2D eigenvalue weighted by molar-refractivity contribution is 0.0622. The van der Waals surface area contributed by atoms with Crippen molar-refractivity contribution in [2.45, 2.75) is 13.5 Å². The summed E-state index contributed by atoms with van der Waals surface area (Å²) >= 11 is 6.26. The van der Waals surface area contributed by atoms with E-state index in [1.807, 2.05) is 53.4 Å². The van der Waals surface area contributed by atoms with Gasteiger partial charge in [-0.3, -0.25) is 14.8 Å². The van der Waals surface area contributed by atoms with Crippen molar-refractivity contribution in [3.8, 4) is 11.3 Å². The molecule has 3 aromatic rings. The molecule has 1 saturated heterocycles. The first-order valence-corrected chi connectivity index (χ1v) is 9.85. The quantitative estimate of drug-likeness (QED) is 0.727. The number of hydrogen-bond acceptors (Lipinski definition) is 3. The molecule has 1 N–H and O–H groups in total. The fourth-order valence-electron chi connectivity index (χ4n) is 3.45. The fraction of sp³-hybridized carbons (Fsp3) is 0.273. The van der Waals surface area contributed by atoms with E-state index in [0.717, 1.165) is 41.5 Å². The summed E-state index contributed by atoms with van der Waals surface area (Å²) in [6, 6.07) is 17.9. The Morgan fingerprint density at radius 1 is 1.07 bits per heavy atom. The van der Waals surface area contributed by atoms with Crippen molar-refractivity contribution in [2.24, 2.45) is 0 Å². The zero-order valence-corrected chi connectivity index (χ0v) is 16.6. The van der Waals surface area contributed by atoms with Gasteiger partial charge in [-0.15, -0.1) is 0 Å². The van der Waals surface area contributed by atoms with Crippen LogP contribution in [0.2, 0.25) is 5.02 Å². The summed E-state index contributed by atoms with van der Waals surface area (Å²) in [5, 5.41) is 8.01. The van der Waals surface area contributed by atoms with Crippen LogP contribution in [0, 0.1) is 6.92 Å². The topological polar surface area (TPSA) is 52.2 Å². The predicted octanol–water partition coefficient (Wildman–Crippen LogP) is 4.00. The largest absolute Gasteiger partial charge is 0.335 e. The number of H-pyrrole nitrogens is 1. The Bertz CT molecular complexity index is 959. The maximum absolute atomic E-state index is 12.8. The van der Waals surface area contributed by atoms with Crippen molar-refractivity contribution in [1.29, 1.82) is 0 Å². The van der Waals surface area contributed by atoms with Crippen LogP contribution < -0.4 is 0 Å². The predicted molar refractivity (Wildman–Crippen MR) is 111 cm³/mol. The number of rotatable bonds is 4. The van der Waals surface area contributed by atoms with Gasteiger partial charge in [0.2, 0.25) is 0 Å². The fourth-order valence-corrected chi connectivity index (χ4v) is 3.65. The smallest absolute Gasteiger partial charge is 0.271 e. The molecule has 0 bridgehead atoms. The van der Waals surface area contributed by atoms with Crippen LogP contribution in [0.25, 0.3) is 11.3 Å². The van der Waals surface area contributed by atoms with Gasteiger partial charge >= 0.3 is 0 Å². The Hall–Kier alpha value is -2.63. The Balaban J connectivity index is 1.36. The van der Waals surface area contributed by atoms with E-state index in [9.17, 15) is 4.79 Å². The van der Waals surface area contributed by atoms with Crippen molar-refractivity contribution in [3.63, 3.8) is 0 Å². The molecule has 2 heterocycles. The number of carbonyl (C=O) groups excluding carboxylic acids is 1. The summed E-state index contributed by atoms with van der Waals surface area (Å²) < 4.78 is 0. The zero-order valence-electron chi connectivity index (χ0n) is 15.9. The van der Waals surface area contributed by atoms with E-state index in [2.05, 4.69) is 28.1 Å². The van der Waals surface area contributed by atoms with Crippen LogP contribution in [-0.2, 0) is 6.54 Å². The molecule has 0 atom stereocenters. The van der Waals surface area contributed by atoms with Crippen LogP contribution in [0.4, 0.5) is 0 Å². The van der Waals surface area contributed by atoms with Crippen molar-refractivity contribution >= 4 is 17.5 Å².